The third-order valence-corrected chi connectivity index (χ3v) is 4.65. The molecule has 1 aliphatic heterocycles. The van der Waals surface area contributed by atoms with Gasteiger partial charge in [-0.2, -0.15) is 0 Å². The molecule has 152 valence electrons. The Morgan fingerprint density at radius 3 is 2.86 bits per heavy atom. The van der Waals surface area contributed by atoms with Gasteiger partial charge in [0.25, 0.3) is 0 Å². The van der Waals surface area contributed by atoms with Crippen LogP contribution >= 0.6 is 0 Å². The predicted octanol–water partition coefficient (Wildman–Crippen LogP) is 3.07. The lowest BCUT2D eigenvalue weighted by atomic mass is 10.1. The Morgan fingerprint density at radius 2 is 2.18 bits per heavy atom. The van der Waals surface area contributed by atoms with Crippen LogP contribution < -0.4 is 14.8 Å². The molecule has 0 radical (unpaired) electrons. The number of urea groups is 1. The third kappa shape index (κ3) is 4.75. The summed E-state index contributed by atoms with van der Waals surface area (Å²) in [7, 11) is 3.20. The summed E-state index contributed by atoms with van der Waals surface area (Å²) < 4.78 is 21.9. The zero-order valence-electron chi connectivity index (χ0n) is 16.6. The Morgan fingerprint density at radius 1 is 1.32 bits per heavy atom. The number of methoxy groups -OCH3 is 2. The number of hydrogen-bond donors (Lipinski definition) is 1. The molecule has 1 unspecified atom stereocenters. The molecule has 1 aromatic heterocycles. The largest absolute Gasteiger partial charge is 0.497 e. The van der Waals surface area contributed by atoms with Gasteiger partial charge in [0.1, 0.15) is 17.2 Å². The van der Waals surface area contributed by atoms with Gasteiger partial charge in [-0.05, 0) is 38.0 Å². The van der Waals surface area contributed by atoms with Gasteiger partial charge in [-0.25, -0.2) is 4.79 Å². The molecule has 1 atom stereocenters. The quantitative estimate of drug-likeness (QED) is 0.747. The van der Waals surface area contributed by atoms with Gasteiger partial charge >= 0.3 is 6.03 Å². The molecule has 2 heterocycles. The molecule has 8 nitrogen and oxygen atoms in total. The second-order valence-electron chi connectivity index (χ2n) is 6.60. The van der Waals surface area contributed by atoms with Crippen LogP contribution in [0.4, 0.5) is 4.79 Å². The van der Waals surface area contributed by atoms with Crippen LogP contribution in [0, 0.1) is 0 Å². The second-order valence-corrected chi connectivity index (χ2v) is 6.60. The third-order valence-electron chi connectivity index (χ3n) is 4.65. The minimum absolute atomic E-state index is 0.0625. The number of ether oxygens (including phenoxy) is 3. The van der Waals surface area contributed by atoms with Gasteiger partial charge in [-0.3, -0.25) is 0 Å². The van der Waals surface area contributed by atoms with E-state index in [2.05, 4.69) is 10.5 Å². The van der Waals surface area contributed by atoms with E-state index in [9.17, 15) is 4.79 Å². The number of hydrogen-bond acceptors (Lipinski definition) is 6. The minimum atomic E-state index is -0.137. The molecule has 1 aromatic carbocycles. The van der Waals surface area contributed by atoms with E-state index in [1.165, 1.54) is 0 Å². The molecule has 1 saturated heterocycles. The van der Waals surface area contributed by atoms with Crippen molar-refractivity contribution in [3.8, 4) is 22.8 Å². The van der Waals surface area contributed by atoms with E-state index in [-0.39, 0.29) is 12.1 Å². The standard InChI is InChI=1S/C20H27N3O5/c1-4-21-20(24)23(13-16-6-5-9-27-16)12-14-10-19(28-22-14)17-11-15(25-2)7-8-18(17)26-3/h7-8,10-11,16H,4-6,9,12-13H2,1-3H3,(H,21,24). The highest BCUT2D eigenvalue weighted by Crippen LogP contribution is 2.34. The van der Waals surface area contributed by atoms with Crippen molar-refractivity contribution in [2.24, 2.45) is 0 Å². The van der Waals surface area contributed by atoms with Crippen molar-refractivity contribution in [3.05, 3.63) is 30.0 Å². The van der Waals surface area contributed by atoms with Crippen molar-refractivity contribution in [2.45, 2.75) is 32.4 Å². The van der Waals surface area contributed by atoms with Crippen molar-refractivity contribution in [2.75, 3.05) is 33.9 Å². The van der Waals surface area contributed by atoms with E-state index in [4.69, 9.17) is 18.7 Å². The Labute approximate surface area is 164 Å². The Bertz CT molecular complexity index is 786. The van der Waals surface area contributed by atoms with Crippen molar-refractivity contribution in [1.82, 2.24) is 15.4 Å². The van der Waals surface area contributed by atoms with Crippen molar-refractivity contribution in [3.63, 3.8) is 0 Å². The van der Waals surface area contributed by atoms with E-state index >= 15 is 0 Å². The fraction of sp³-hybridized carbons (Fsp3) is 0.500. The maximum absolute atomic E-state index is 12.5. The number of aromatic nitrogens is 1. The molecule has 2 amide bonds. The van der Waals surface area contributed by atoms with Crippen molar-refractivity contribution in [1.29, 1.82) is 0 Å². The Hall–Kier alpha value is -2.74. The van der Waals surface area contributed by atoms with Crippen LogP contribution in [0.15, 0.2) is 28.8 Å². The normalized spacial score (nSPS) is 16.0. The summed E-state index contributed by atoms with van der Waals surface area (Å²) in [6, 6.07) is 7.14. The van der Waals surface area contributed by atoms with Gasteiger partial charge in [0.2, 0.25) is 0 Å². The first-order chi connectivity index (χ1) is 13.6. The summed E-state index contributed by atoms with van der Waals surface area (Å²) in [6.07, 6.45) is 2.05. The van der Waals surface area contributed by atoms with Crippen LogP contribution in [0.5, 0.6) is 11.5 Å². The van der Waals surface area contributed by atoms with E-state index < -0.39 is 0 Å². The topological polar surface area (TPSA) is 86.1 Å². The van der Waals surface area contributed by atoms with Crippen LogP contribution in [-0.2, 0) is 11.3 Å². The van der Waals surface area contributed by atoms with E-state index in [0.29, 0.717) is 42.6 Å². The lowest BCUT2D eigenvalue weighted by Gasteiger charge is -2.24. The van der Waals surface area contributed by atoms with Crippen LogP contribution in [0.3, 0.4) is 0 Å². The zero-order valence-corrected chi connectivity index (χ0v) is 16.6. The SMILES string of the molecule is CCNC(=O)N(Cc1cc(-c2cc(OC)ccc2OC)on1)CC1CCCO1. The summed E-state index contributed by atoms with van der Waals surface area (Å²) in [5.41, 5.74) is 1.40. The number of carbonyl (C=O) groups excluding carboxylic acids is 1. The zero-order chi connectivity index (χ0) is 19.9. The highest BCUT2D eigenvalue weighted by molar-refractivity contribution is 5.74. The maximum Gasteiger partial charge on any atom is 0.317 e. The lowest BCUT2D eigenvalue weighted by Crippen LogP contribution is -2.43. The molecule has 0 spiro atoms. The molecular weight excluding hydrogens is 362 g/mol. The first kappa shape index (κ1) is 20.0. The fourth-order valence-electron chi connectivity index (χ4n) is 3.23. The smallest absolute Gasteiger partial charge is 0.317 e. The molecule has 2 aromatic rings. The van der Waals surface area contributed by atoms with Crippen LogP contribution in [0.25, 0.3) is 11.3 Å². The summed E-state index contributed by atoms with van der Waals surface area (Å²) >= 11 is 0. The van der Waals surface area contributed by atoms with Crippen molar-refractivity contribution >= 4 is 6.03 Å². The number of nitrogens with zero attached hydrogens (tertiary/aromatic N) is 2. The number of benzene rings is 1. The highest BCUT2D eigenvalue weighted by atomic mass is 16.5. The molecule has 28 heavy (non-hydrogen) atoms. The van der Waals surface area contributed by atoms with E-state index in [0.717, 1.165) is 25.0 Å². The summed E-state index contributed by atoms with van der Waals surface area (Å²) in [4.78, 5) is 14.2. The summed E-state index contributed by atoms with van der Waals surface area (Å²) in [5.74, 6) is 1.90. The van der Waals surface area contributed by atoms with Crippen LogP contribution in [-0.4, -0.2) is 56.1 Å². The van der Waals surface area contributed by atoms with E-state index in [1.807, 2.05) is 31.2 Å². The molecule has 1 fully saturated rings. The lowest BCUT2D eigenvalue weighted by molar-refractivity contribution is 0.0790. The maximum atomic E-state index is 12.5. The number of nitrogens with one attached hydrogen (secondary N) is 1. The van der Waals surface area contributed by atoms with Crippen LogP contribution in [0.2, 0.25) is 0 Å². The minimum Gasteiger partial charge on any atom is -0.497 e. The Kier molecular flexibility index (Phi) is 6.76. The summed E-state index contributed by atoms with van der Waals surface area (Å²) in [5, 5.41) is 6.99. The first-order valence-electron chi connectivity index (χ1n) is 9.47. The average Bonchev–Trinajstić information content (AvgIpc) is 3.39. The Balaban J connectivity index is 1.78. The van der Waals surface area contributed by atoms with E-state index in [1.54, 1.807) is 19.1 Å². The fourth-order valence-corrected chi connectivity index (χ4v) is 3.23. The van der Waals surface area contributed by atoms with Gasteiger partial charge in [0.15, 0.2) is 5.76 Å². The van der Waals surface area contributed by atoms with Gasteiger partial charge in [0, 0.05) is 25.8 Å². The molecule has 0 saturated carbocycles. The molecule has 8 heteroatoms. The molecule has 1 N–H and O–H groups in total. The highest BCUT2D eigenvalue weighted by Gasteiger charge is 2.24. The predicted molar refractivity (Wildman–Crippen MR) is 103 cm³/mol. The molecular formula is C20H27N3O5. The van der Waals surface area contributed by atoms with Gasteiger partial charge < -0.3 is 29.0 Å². The number of carbonyl (C=O) groups is 1. The summed E-state index contributed by atoms with van der Waals surface area (Å²) in [6.45, 7) is 4.06. The van der Waals surface area contributed by atoms with Gasteiger partial charge in [-0.15, -0.1) is 0 Å². The molecule has 0 aliphatic carbocycles. The van der Waals surface area contributed by atoms with Gasteiger partial charge in [0.05, 0.1) is 32.4 Å². The van der Waals surface area contributed by atoms with Gasteiger partial charge in [-0.1, -0.05) is 5.16 Å². The molecule has 1 aliphatic rings. The number of amides is 2. The molecule has 0 bridgehead atoms. The molecule has 3 rings (SSSR count). The number of rotatable bonds is 8. The van der Waals surface area contributed by atoms with Crippen molar-refractivity contribution < 1.29 is 23.5 Å². The second kappa shape index (κ2) is 9.45. The monoisotopic (exact) mass is 389 g/mol. The average molecular weight is 389 g/mol. The van der Waals surface area contributed by atoms with Crippen LogP contribution in [0.1, 0.15) is 25.5 Å². The first-order valence-corrected chi connectivity index (χ1v) is 9.47.